The zero-order chi connectivity index (χ0) is 12.8. The van der Waals surface area contributed by atoms with Crippen molar-refractivity contribution >= 4 is 0 Å². The Labute approximate surface area is 110 Å². The summed E-state index contributed by atoms with van der Waals surface area (Å²) < 4.78 is 5.12. The average molecular weight is 251 g/mol. The van der Waals surface area contributed by atoms with Gasteiger partial charge in [0.05, 0.1) is 6.54 Å². The third-order valence-corrected chi connectivity index (χ3v) is 3.90. The number of aryl methyl sites for hydroxylation is 1. The van der Waals surface area contributed by atoms with Crippen LogP contribution in [0.5, 0.6) is 0 Å². The van der Waals surface area contributed by atoms with Crippen molar-refractivity contribution in [2.75, 3.05) is 0 Å². The second-order valence-corrected chi connectivity index (χ2v) is 5.48. The van der Waals surface area contributed by atoms with Gasteiger partial charge in [-0.15, -0.1) is 0 Å². The summed E-state index contributed by atoms with van der Waals surface area (Å²) in [6.07, 6.45) is 9.43. The van der Waals surface area contributed by atoms with E-state index >= 15 is 0 Å². The van der Waals surface area contributed by atoms with E-state index in [0.29, 0.717) is 18.5 Å². The number of rotatable bonds is 5. The van der Waals surface area contributed by atoms with E-state index in [0.717, 1.165) is 11.7 Å². The Morgan fingerprint density at radius 3 is 2.89 bits per heavy atom. The van der Waals surface area contributed by atoms with Crippen molar-refractivity contribution in [2.45, 2.75) is 71.4 Å². The maximum absolute atomic E-state index is 5.12. The van der Waals surface area contributed by atoms with Crippen LogP contribution in [0.1, 0.15) is 63.6 Å². The Kier molecular flexibility index (Phi) is 5.17. The molecule has 2 atom stereocenters. The molecule has 2 rings (SSSR count). The van der Waals surface area contributed by atoms with Crippen LogP contribution in [0.4, 0.5) is 0 Å². The van der Waals surface area contributed by atoms with Crippen LogP contribution in [0.2, 0.25) is 0 Å². The molecule has 1 aliphatic rings. The largest absolute Gasteiger partial charge is 0.338 e. The first-order valence-corrected chi connectivity index (χ1v) is 7.30. The lowest BCUT2D eigenvalue weighted by molar-refractivity contribution is 0.345. The normalized spacial score (nSPS) is 25.0. The van der Waals surface area contributed by atoms with E-state index in [2.05, 4.69) is 22.4 Å². The Bertz CT molecular complexity index is 351. The van der Waals surface area contributed by atoms with Gasteiger partial charge in [0, 0.05) is 6.04 Å². The molecule has 1 heterocycles. The molecule has 1 aliphatic carbocycles. The molecule has 2 unspecified atom stereocenters. The molecule has 1 fully saturated rings. The summed E-state index contributed by atoms with van der Waals surface area (Å²) in [5.41, 5.74) is 0. The highest BCUT2D eigenvalue weighted by Gasteiger charge is 2.18. The first-order valence-electron chi connectivity index (χ1n) is 7.30. The molecular formula is C14H25N3O. The van der Waals surface area contributed by atoms with Gasteiger partial charge in [-0.1, -0.05) is 37.8 Å². The Morgan fingerprint density at radius 2 is 2.17 bits per heavy atom. The number of nitrogens with one attached hydrogen (secondary N) is 1. The number of aromatic nitrogens is 2. The summed E-state index contributed by atoms with van der Waals surface area (Å²) in [6, 6.07) is 0.624. The molecule has 4 heteroatoms. The third kappa shape index (κ3) is 4.09. The fourth-order valence-corrected chi connectivity index (χ4v) is 2.92. The molecule has 1 aromatic rings. The molecule has 0 aliphatic heterocycles. The van der Waals surface area contributed by atoms with Crippen LogP contribution in [0.15, 0.2) is 4.52 Å². The molecule has 0 radical (unpaired) electrons. The molecule has 0 saturated heterocycles. The topological polar surface area (TPSA) is 51.0 Å². The van der Waals surface area contributed by atoms with Crippen molar-refractivity contribution in [3.63, 3.8) is 0 Å². The smallest absolute Gasteiger partial charge is 0.240 e. The van der Waals surface area contributed by atoms with Crippen molar-refractivity contribution < 1.29 is 4.52 Å². The van der Waals surface area contributed by atoms with Crippen LogP contribution in [0.25, 0.3) is 0 Å². The lowest BCUT2D eigenvalue weighted by Gasteiger charge is -2.15. The molecule has 0 spiro atoms. The Balaban J connectivity index is 1.73. The minimum atomic E-state index is 0.624. The summed E-state index contributed by atoms with van der Waals surface area (Å²) in [7, 11) is 0. The number of hydrogen-bond acceptors (Lipinski definition) is 4. The molecule has 4 nitrogen and oxygen atoms in total. The highest BCUT2D eigenvalue weighted by molar-refractivity contribution is 4.84. The average Bonchev–Trinajstić information content (AvgIpc) is 2.64. The molecule has 0 aromatic carbocycles. The standard InChI is InChI=1S/C14H25N3O/c1-3-5-12-6-4-7-13(9-8-12)15-10-14-16-11(2)17-18-14/h12-13,15H,3-10H2,1-2H3. The van der Waals surface area contributed by atoms with Crippen molar-refractivity contribution in [1.82, 2.24) is 15.5 Å². The van der Waals surface area contributed by atoms with Crippen molar-refractivity contribution in [1.29, 1.82) is 0 Å². The molecule has 102 valence electrons. The SMILES string of the molecule is CCCC1CCCC(NCc2nc(C)no2)CC1. The minimum absolute atomic E-state index is 0.624. The van der Waals surface area contributed by atoms with Crippen LogP contribution in [0.3, 0.4) is 0 Å². The maximum Gasteiger partial charge on any atom is 0.240 e. The summed E-state index contributed by atoms with van der Waals surface area (Å²) in [4.78, 5) is 4.22. The molecule has 0 bridgehead atoms. The van der Waals surface area contributed by atoms with Gasteiger partial charge in [0.25, 0.3) is 0 Å². The van der Waals surface area contributed by atoms with Crippen LogP contribution < -0.4 is 5.32 Å². The quantitative estimate of drug-likeness (QED) is 0.816. The van der Waals surface area contributed by atoms with Gasteiger partial charge >= 0.3 is 0 Å². The van der Waals surface area contributed by atoms with Crippen molar-refractivity contribution in [2.24, 2.45) is 5.92 Å². The molecule has 1 saturated carbocycles. The first kappa shape index (κ1) is 13.5. The predicted octanol–water partition coefficient (Wildman–Crippen LogP) is 3.22. The van der Waals surface area contributed by atoms with E-state index in [-0.39, 0.29) is 0 Å². The van der Waals surface area contributed by atoms with E-state index in [1.165, 1.54) is 44.9 Å². The summed E-state index contributed by atoms with van der Waals surface area (Å²) in [5.74, 6) is 2.38. The highest BCUT2D eigenvalue weighted by Crippen LogP contribution is 2.26. The van der Waals surface area contributed by atoms with Gasteiger partial charge in [0.2, 0.25) is 5.89 Å². The fourth-order valence-electron chi connectivity index (χ4n) is 2.92. The summed E-state index contributed by atoms with van der Waals surface area (Å²) in [5, 5.41) is 7.37. The van der Waals surface area contributed by atoms with Gasteiger partial charge in [-0.2, -0.15) is 4.98 Å². The predicted molar refractivity (Wildman–Crippen MR) is 71.1 cm³/mol. The van der Waals surface area contributed by atoms with Gasteiger partial charge in [0.15, 0.2) is 5.82 Å². The van der Waals surface area contributed by atoms with Crippen LogP contribution in [-0.2, 0) is 6.54 Å². The van der Waals surface area contributed by atoms with E-state index in [9.17, 15) is 0 Å². The second-order valence-electron chi connectivity index (χ2n) is 5.48. The van der Waals surface area contributed by atoms with Crippen molar-refractivity contribution in [3.05, 3.63) is 11.7 Å². The van der Waals surface area contributed by atoms with Crippen LogP contribution >= 0.6 is 0 Å². The molecular weight excluding hydrogens is 226 g/mol. The van der Waals surface area contributed by atoms with Gasteiger partial charge < -0.3 is 9.84 Å². The van der Waals surface area contributed by atoms with E-state index in [4.69, 9.17) is 4.52 Å². The van der Waals surface area contributed by atoms with E-state index in [1.54, 1.807) is 0 Å². The van der Waals surface area contributed by atoms with Gasteiger partial charge in [-0.3, -0.25) is 0 Å². The van der Waals surface area contributed by atoms with Crippen LogP contribution in [-0.4, -0.2) is 16.2 Å². The van der Waals surface area contributed by atoms with Gasteiger partial charge in [-0.05, 0) is 32.1 Å². The van der Waals surface area contributed by atoms with Crippen LogP contribution in [0, 0.1) is 12.8 Å². The summed E-state index contributed by atoms with van der Waals surface area (Å²) in [6.45, 7) is 4.86. The second kappa shape index (κ2) is 6.88. The molecule has 18 heavy (non-hydrogen) atoms. The molecule has 0 amide bonds. The zero-order valence-electron chi connectivity index (χ0n) is 11.6. The van der Waals surface area contributed by atoms with Gasteiger partial charge in [0.1, 0.15) is 0 Å². The zero-order valence-corrected chi connectivity index (χ0v) is 11.6. The van der Waals surface area contributed by atoms with Crippen molar-refractivity contribution in [3.8, 4) is 0 Å². The third-order valence-electron chi connectivity index (χ3n) is 3.90. The number of hydrogen-bond donors (Lipinski definition) is 1. The molecule has 1 aromatic heterocycles. The molecule has 1 N–H and O–H groups in total. The van der Waals surface area contributed by atoms with E-state index < -0.39 is 0 Å². The van der Waals surface area contributed by atoms with Gasteiger partial charge in [-0.25, -0.2) is 0 Å². The number of nitrogens with zero attached hydrogens (tertiary/aromatic N) is 2. The Morgan fingerprint density at radius 1 is 1.28 bits per heavy atom. The lowest BCUT2D eigenvalue weighted by Crippen LogP contribution is -2.28. The maximum atomic E-state index is 5.12. The monoisotopic (exact) mass is 251 g/mol. The first-order chi connectivity index (χ1) is 8.78. The lowest BCUT2D eigenvalue weighted by atomic mass is 9.95. The summed E-state index contributed by atoms with van der Waals surface area (Å²) >= 11 is 0. The Hall–Kier alpha value is -0.900. The highest BCUT2D eigenvalue weighted by atomic mass is 16.5. The fraction of sp³-hybridized carbons (Fsp3) is 0.857. The minimum Gasteiger partial charge on any atom is -0.338 e. The van der Waals surface area contributed by atoms with E-state index in [1.807, 2.05) is 6.92 Å².